The maximum Gasteiger partial charge on any atom is 0.422 e. The number of Topliss-reactive ketones (excluding diaryl/α,β-unsaturated/α-hetero) is 1. The summed E-state index contributed by atoms with van der Waals surface area (Å²) < 4.78 is 57.8. The van der Waals surface area contributed by atoms with Gasteiger partial charge in [0.25, 0.3) is 0 Å². The molecule has 0 saturated carbocycles. The molecule has 10 heteroatoms. The Morgan fingerprint density at radius 3 is 2.51 bits per heavy atom. The van der Waals surface area contributed by atoms with Crippen molar-refractivity contribution >= 4 is 17.7 Å². The number of ether oxygens (including phenoxy) is 1. The van der Waals surface area contributed by atoms with Crippen molar-refractivity contribution in [1.29, 1.82) is 0 Å². The summed E-state index contributed by atoms with van der Waals surface area (Å²) in [6.07, 6.45) is -3.02. The van der Waals surface area contributed by atoms with Crippen LogP contribution < -0.4 is 4.74 Å². The van der Waals surface area contributed by atoms with E-state index in [1.807, 2.05) is 19.9 Å². The number of alkyl halides is 3. The molecule has 1 aliphatic heterocycles. The highest BCUT2D eigenvalue weighted by atomic mass is 19.4. The molecule has 1 amide bonds. The van der Waals surface area contributed by atoms with Crippen molar-refractivity contribution in [3.63, 3.8) is 0 Å². The number of halogens is 4. The Hall–Kier alpha value is -3.43. The maximum atomic E-state index is 15.1. The molecule has 0 spiro atoms. The summed E-state index contributed by atoms with van der Waals surface area (Å²) in [6.45, 7) is 2.63. The van der Waals surface area contributed by atoms with Crippen LogP contribution in [0, 0.1) is 5.82 Å². The number of carboxylic acids is 1. The summed E-state index contributed by atoms with van der Waals surface area (Å²) in [5.41, 5.74) is 2.77. The second-order valence-electron chi connectivity index (χ2n) is 10.9. The van der Waals surface area contributed by atoms with Gasteiger partial charge in [0, 0.05) is 25.8 Å². The van der Waals surface area contributed by atoms with Gasteiger partial charge in [0.1, 0.15) is 17.6 Å². The predicted octanol–water partition coefficient (Wildman–Crippen LogP) is 5.48. The fourth-order valence-corrected chi connectivity index (χ4v) is 5.66. The van der Waals surface area contributed by atoms with Crippen LogP contribution in [0.5, 0.6) is 5.75 Å². The number of nitrogens with zero attached hydrogens (tertiary/aromatic N) is 1. The van der Waals surface area contributed by atoms with Crippen LogP contribution in [-0.4, -0.2) is 47.0 Å². The summed E-state index contributed by atoms with van der Waals surface area (Å²) in [6, 6.07) is 6.44. The molecular formula is C29H31F4NO5. The third-order valence-corrected chi connectivity index (χ3v) is 7.46. The fraction of sp³-hybridized carbons (Fsp3) is 0.483. The lowest BCUT2D eigenvalue weighted by atomic mass is 9.84. The third kappa shape index (κ3) is 6.59. The number of rotatable bonds is 9. The van der Waals surface area contributed by atoms with Crippen LogP contribution >= 0.6 is 0 Å². The average Bonchev–Trinajstić information content (AvgIpc) is 3.15. The smallest absolute Gasteiger partial charge is 0.422 e. The zero-order chi connectivity index (χ0) is 28.5. The van der Waals surface area contributed by atoms with E-state index >= 15 is 4.39 Å². The highest BCUT2D eigenvalue weighted by molar-refractivity contribution is 5.92. The normalized spacial score (nSPS) is 17.9. The molecule has 39 heavy (non-hydrogen) atoms. The van der Waals surface area contributed by atoms with E-state index in [4.69, 9.17) is 9.84 Å². The molecule has 6 nitrogen and oxygen atoms in total. The number of carbonyl (C=O) groups is 3. The van der Waals surface area contributed by atoms with Gasteiger partial charge in [0.05, 0.1) is 0 Å². The number of hydrogen-bond donors (Lipinski definition) is 1. The van der Waals surface area contributed by atoms with Gasteiger partial charge in [0.2, 0.25) is 5.91 Å². The first kappa shape index (κ1) is 28.6. The molecule has 2 aromatic rings. The number of amides is 1. The fourth-order valence-electron chi connectivity index (χ4n) is 5.66. The topological polar surface area (TPSA) is 83.9 Å². The third-order valence-electron chi connectivity index (χ3n) is 7.46. The van der Waals surface area contributed by atoms with Crippen molar-refractivity contribution in [3.05, 3.63) is 64.0 Å². The molecule has 2 aliphatic rings. The van der Waals surface area contributed by atoms with E-state index in [1.54, 1.807) is 0 Å². The van der Waals surface area contributed by atoms with Crippen LogP contribution in [0.2, 0.25) is 0 Å². The molecule has 0 radical (unpaired) electrons. The molecule has 2 aromatic carbocycles. The number of hydrogen-bond acceptors (Lipinski definition) is 4. The van der Waals surface area contributed by atoms with E-state index in [0.29, 0.717) is 28.7 Å². The van der Waals surface area contributed by atoms with E-state index < -0.39 is 24.8 Å². The van der Waals surface area contributed by atoms with Crippen LogP contribution in [0.15, 0.2) is 30.3 Å². The van der Waals surface area contributed by atoms with Crippen molar-refractivity contribution in [2.24, 2.45) is 0 Å². The van der Waals surface area contributed by atoms with Crippen molar-refractivity contribution < 1.29 is 41.8 Å². The predicted molar refractivity (Wildman–Crippen MR) is 134 cm³/mol. The largest absolute Gasteiger partial charge is 0.484 e. The quantitative estimate of drug-likeness (QED) is 0.419. The molecule has 1 aliphatic carbocycles. The van der Waals surface area contributed by atoms with Gasteiger partial charge < -0.3 is 14.7 Å². The number of carboxylic acid groups (broad SMARTS) is 1. The molecule has 0 saturated heterocycles. The molecular weight excluding hydrogens is 518 g/mol. The van der Waals surface area contributed by atoms with Gasteiger partial charge in [-0.3, -0.25) is 14.4 Å². The Morgan fingerprint density at radius 2 is 1.82 bits per heavy atom. The molecule has 1 heterocycles. The Labute approximate surface area is 223 Å². The van der Waals surface area contributed by atoms with Crippen LogP contribution in [-0.2, 0) is 39.1 Å². The Balaban J connectivity index is 1.62. The molecule has 0 unspecified atom stereocenters. The highest BCUT2D eigenvalue weighted by Crippen LogP contribution is 2.41. The lowest BCUT2D eigenvalue weighted by molar-refractivity contribution is -0.153. The van der Waals surface area contributed by atoms with Gasteiger partial charge >= 0.3 is 12.1 Å². The zero-order valence-corrected chi connectivity index (χ0v) is 21.9. The van der Waals surface area contributed by atoms with E-state index in [1.165, 1.54) is 29.2 Å². The van der Waals surface area contributed by atoms with E-state index in [-0.39, 0.29) is 67.3 Å². The first-order valence-corrected chi connectivity index (χ1v) is 12.9. The lowest BCUT2D eigenvalue weighted by Crippen LogP contribution is -2.44. The lowest BCUT2D eigenvalue weighted by Gasteiger charge is -2.37. The summed E-state index contributed by atoms with van der Waals surface area (Å²) >= 11 is 0. The van der Waals surface area contributed by atoms with Crippen molar-refractivity contribution in [3.8, 4) is 5.75 Å². The SMILES string of the molecule is CC1(C)CCc2cc(CC(=O)[C@H]3c4ccc(OCC(F)(F)F)cc4CCN3C(=O)CCCC(=O)O)cc(F)c21. The molecule has 210 valence electrons. The average molecular weight is 550 g/mol. The zero-order valence-electron chi connectivity index (χ0n) is 21.9. The van der Waals surface area contributed by atoms with Crippen LogP contribution in [0.1, 0.15) is 73.4 Å². The first-order valence-electron chi connectivity index (χ1n) is 12.9. The van der Waals surface area contributed by atoms with Crippen molar-refractivity contribution in [2.45, 2.75) is 76.4 Å². The minimum Gasteiger partial charge on any atom is -0.484 e. The van der Waals surface area contributed by atoms with Crippen LogP contribution in [0.25, 0.3) is 0 Å². The monoisotopic (exact) mass is 549 g/mol. The van der Waals surface area contributed by atoms with Crippen LogP contribution in [0.3, 0.4) is 0 Å². The Morgan fingerprint density at radius 1 is 1.08 bits per heavy atom. The molecule has 0 bridgehead atoms. The molecule has 4 rings (SSSR count). The van der Waals surface area contributed by atoms with Gasteiger partial charge in [-0.05, 0) is 77.1 Å². The van der Waals surface area contributed by atoms with Gasteiger partial charge in [0.15, 0.2) is 12.4 Å². The number of aryl methyl sites for hydroxylation is 1. The molecule has 1 atom stereocenters. The van der Waals surface area contributed by atoms with Crippen molar-refractivity contribution in [2.75, 3.05) is 13.2 Å². The number of carbonyl (C=O) groups excluding carboxylic acids is 2. The van der Waals surface area contributed by atoms with Gasteiger partial charge in [-0.15, -0.1) is 0 Å². The number of ketones is 1. The molecule has 1 N–H and O–H groups in total. The standard InChI is InChI=1S/C29H31F4NO5/c1-28(2)10-8-19-12-17(13-22(30)26(19)28)14-23(35)27-21-7-6-20(39-16-29(31,32)33)15-18(21)9-11-34(27)24(36)4-3-5-25(37)38/h6-7,12-13,15,27H,3-5,8-11,14,16H2,1-2H3,(H,37,38)/t27-/m1/s1. The molecule has 0 aromatic heterocycles. The second kappa shape index (κ2) is 11.0. The Bertz CT molecular complexity index is 1290. The summed E-state index contributed by atoms with van der Waals surface area (Å²) in [4.78, 5) is 39.1. The minimum atomic E-state index is -4.51. The number of aliphatic carboxylic acids is 1. The molecule has 0 fully saturated rings. The minimum absolute atomic E-state index is 0.00168. The first-order chi connectivity index (χ1) is 18.2. The van der Waals surface area contributed by atoms with Gasteiger partial charge in [-0.1, -0.05) is 26.0 Å². The summed E-state index contributed by atoms with van der Waals surface area (Å²) in [5.74, 6) is -2.15. The maximum absolute atomic E-state index is 15.1. The van der Waals surface area contributed by atoms with Crippen molar-refractivity contribution in [1.82, 2.24) is 4.90 Å². The van der Waals surface area contributed by atoms with Gasteiger partial charge in [-0.2, -0.15) is 13.2 Å². The van der Waals surface area contributed by atoms with Crippen LogP contribution in [0.4, 0.5) is 17.6 Å². The van der Waals surface area contributed by atoms with E-state index in [2.05, 4.69) is 0 Å². The number of benzene rings is 2. The summed E-state index contributed by atoms with van der Waals surface area (Å²) in [5, 5.41) is 8.92. The highest BCUT2D eigenvalue weighted by Gasteiger charge is 2.37. The van der Waals surface area contributed by atoms with E-state index in [9.17, 15) is 27.6 Å². The van der Waals surface area contributed by atoms with E-state index in [0.717, 1.165) is 12.0 Å². The van der Waals surface area contributed by atoms with Gasteiger partial charge in [-0.25, -0.2) is 4.39 Å². The summed E-state index contributed by atoms with van der Waals surface area (Å²) in [7, 11) is 0. The second-order valence-corrected chi connectivity index (χ2v) is 10.9. The Kier molecular flexibility index (Phi) is 8.04. The number of fused-ring (bicyclic) bond motifs is 2.